The van der Waals surface area contributed by atoms with Crippen LogP contribution in [0.5, 0.6) is 0 Å². The molecule has 0 aliphatic heterocycles. The van der Waals surface area contributed by atoms with E-state index in [2.05, 4.69) is 15.6 Å². The maximum atomic E-state index is 13.2. The largest absolute Gasteiger partial charge is 0.325 e. The first-order chi connectivity index (χ1) is 16.9. The molecule has 0 saturated carbocycles. The first kappa shape index (κ1) is 22.5. The Morgan fingerprint density at radius 3 is 2.49 bits per heavy atom. The summed E-state index contributed by atoms with van der Waals surface area (Å²) in [5.41, 5.74) is 2.51. The van der Waals surface area contributed by atoms with Crippen molar-refractivity contribution in [3.8, 4) is 0 Å². The number of aryl methyl sites for hydroxylation is 2. The van der Waals surface area contributed by atoms with E-state index in [1.165, 1.54) is 22.2 Å². The lowest BCUT2D eigenvalue weighted by atomic mass is 10.1. The minimum atomic E-state index is -0.354. The van der Waals surface area contributed by atoms with Gasteiger partial charge in [-0.2, -0.15) is 0 Å². The monoisotopic (exact) mass is 482 g/mol. The highest BCUT2D eigenvalue weighted by atomic mass is 32.1. The Morgan fingerprint density at radius 2 is 1.69 bits per heavy atom. The summed E-state index contributed by atoms with van der Waals surface area (Å²) in [5, 5.41) is 8.18. The van der Waals surface area contributed by atoms with Gasteiger partial charge < -0.3 is 10.6 Å². The van der Waals surface area contributed by atoms with Crippen molar-refractivity contribution >= 4 is 55.5 Å². The van der Waals surface area contributed by atoms with E-state index in [-0.39, 0.29) is 23.9 Å². The van der Waals surface area contributed by atoms with Crippen LogP contribution >= 0.6 is 11.3 Å². The molecule has 35 heavy (non-hydrogen) atoms. The Bertz CT molecular complexity index is 1670. The van der Waals surface area contributed by atoms with Crippen molar-refractivity contribution in [3.05, 3.63) is 99.4 Å². The number of carbonyl (C=O) groups is 2. The second-order valence-corrected chi connectivity index (χ2v) is 9.29. The van der Waals surface area contributed by atoms with Gasteiger partial charge in [-0.15, -0.1) is 11.3 Å². The lowest BCUT2D eigenvalue weighted by molar-refractivity contribution is -0.116. The normalized spacial score (nSPS) is 11.0. The SMILES string of the molecule is Cc1ccccc1NC(=O)c1sc2ncn(CC(=O)Nc3ccc4ccccc4c3)c(=O)c2c1C. The van der Waals surface area contributed by atoms with Crippen LogP contribution in [0.1, 0.15) is 20.8 Å². The number of nitrogens with one attached hydrogen (secondary N) is 2. The van der Waals surface area contributed by atoms with E-state index in [1.54, 1.807) is 6.92 Å². The molecular weight excluding hydrogens is 460 g/mol. The van der Waals surface area contributed by atoms with Gasteiger partial charge in [-0.05, 0) is 53.9 Å². The summed E-state index contributed by atoms with van der Waals surface area (Å²) < 4.78 is 1.27. The Hall–Kier alpha value is -4.30. The number of hydrogen-bond acceptors (Lipinski definition) is 5. The lowest BCUT2D eigenvalue weighted by Crippen LogP contribution is -2.28. The zero-order chi connectivity index (χ0) is 24.5. The Morgan fingerprint density at radius 1 is 0.943 bits per heavy atom. The molecule has 0 spiro atoms. The van der Waals surface area contributed by atoms with Crippen molar-refractivity contribution in [2.75, 3.05) is 10.6 Å². The van der Waals surface area contributed by atoms with E-state index in [0.717, 1.165) is 16.3 Å². The van der Waals surface area contributed by atoms with Crippen LogP contribution in [0.25, 0.3) is 21.0 Å². The number of nitrogens with zero attached hydrogens (tertiary/aromatic N) is 2. The minimum absolute atomic E-state index is 0.186. The molecule has 7 nitrogen and oxygen atoms in total. The topological polar surface area (TPSA) is 93.1 Å². The van der Waals surface area contributed by atoms with Crippen LogP contribution in [0.4, 0.5) is 11.4 Å². The van der Waals surface area contributed by atoms with Gasteiger partial charge in [0.1, 0.15) is 11.4 Å². The number of aromatic nitrogens is 2. The number of anilines is 2. The summed E-state index contributed by atoms with van der Waals surface area (Å²) in [5.74, 6) is -0.631. The number of carbonyl (C=O) groups excluding carboxylic acids is 2. The molecule has 2 aromatic heterocycles. The number of para-hydroxylation sites is 1. The highest BCUT2D eigenvalue weighted by molar-refractivity contribution is 7.20. The maximum Gasteiger partial charge on any atom is 0.266 e. The molecule has 2 N–H and O–H groups in total. The fourth-order valence-electron chi connectivity index (χ4n) is 4.00. The van der Waals surface area contributed by atoms with Gasteiger partial charge in [0.15, 0.2) is 0 Å². The fourth-order valence-corrected chi connectivity index (χ4v) is 5.04. The summed E-state index contributed by atoms with van der Waals surface area (Å²) in [6.07, 6.45) is 1.35. The number of hydrogen-bond donors (Lipinski definition) is 2. The lowest BCUT2D eigenvalue weighted by Gasteiger charge is -2.08. The van der Waals surface area contributed by atoms with Crippen molar-refractivity contribution in [1.82, 2.24) is 9.55 Å². The van der Waals surface area contributed by atoms with Crippen molar-refractivity contribution < 1.29 is 9.59 Å². The molecule has 5 aromatic rings. The van der Waals surface area contributed by atoms with Crippen LogP contribution in [0.2, 0.25) is 0 Å². The molecule has 0 unspecified atom stereocenters. The van der Waals surface area contributed by atoms with Crippen LogP contribution in [-0.2, 0) is 11.3 Å². The zero-order valence-electron chi connectivity index (χ0n) is 19.2. The van der Waals surface area contributed by atoms with E-state index in [9.17, 15) is 14.4 Å². The quantitative estimate of drug-likeness (QED) is 0.364. The van der Waals surface area contributed by atoms with E-state index in [0.29, 0.717) is 32.0 Å². The Balaban J connectivity index is 1.38. The molecule has 0 atom stereocenters. The number of fused-ring (bicyclic) bond motifs is 2. The number of benzene rings is 3. The summed E-state index contributed by atoms with van der Waals surface area (Å²) in [6.45, 7) is 3.46. The molecule has 0 aliphatic rings. The van der Waals surface area contributed by atoms with Crippen LogP contribution in [0.15, 0.2) is 77.9 Å². The van der Waals surface area contributed by atoms with E-state index in [1.807, 2.05) is 73.7 Å². The van der Waals surface area contributed by atoms with Crippen molar-refractivity contribution in [3.63, 3.8) is 0 Å². The van der Waals surface area contributed by atoms with Gasteiger partial charge in [-0.25, -0.2) is 4.98 Å². The molecule has 0 radical (unpaired) electrons. The van der Waals surface area contributed by atoms with Gasteiger partial charge in [-0.1, -0.05) is 48.5 Å². The van der Waals surface area contributed by atoms with E-state index < -0.39 is 0 Å². The molecule has 2 amide bonds. The van der Waals surface area contributed by atoms with Crippen molar-refractivity contribution in [2.45, 2.75) is 20.4 Å². The average molecular weight is 483 g/mol. The maximum absolute atomic E-state index is 13.2. The molecule has 174 valence electrons. The number of rotatable bonds is 5. The zero-order valence-corrected chi connectivity index (χ0v) is 20.0. The van der Waals surface area contributed by atoms with Gasteiger partial charge in [0.05, 0.1) is 16.6 Å². The summed E-state index contributed by atoms with van der Waals surface area (Å²) in [6, 6.07) is 21.0. The molecule has 0 fully saturated rings. The fraction of sp³-hybridized carbons (Fsp3) is 0.111. The van der Waals surface area contributed by atoms with Gasteiger partial charge in [0, 0.05) is 11.4 Å². The Labute approximate surface area is 205 Å². The first-order valence-electron chi connectivity index (χ1n) is 11.0. The minimum Gasteiger partial charge on any atom is -0.325 e. The molecule has 0 bridgehead atoms. The second kappa shape index (κ2) is 9.15. The Kier molecular flexibility index (Phi) is 5.88. The third-order valence-electron chi connectivity index (χ3n) is 5.86. The van der Waals surface area contributed by atoms with E-state index in [4.69, 9.17) is 0 Å². The van der Waals surface area contributed by atoms with Gasteiger partial charge in [0.25, 0.3) is 11.5 Å². The molecule has 2 heterocycles. The second-order valence-electron chi connectivity index (χ2n) is 8.29. The molecule has 8 heteroatoms. The molecule has 0 aliphatic carbocycles. The van der Waals surface area contributed by atoms with Crippen molar-refractivity contribution in [2.24, 2.45) is 0 Å². The molecule has 5 rings (SSSR count). The van der Waals surface area contributed by atoms with Gasteiger partial charge >= 0.3 is 0 Å². The van der Waals surface area contributed by atoms with Gasteiger partial charge in [-0.3, -0.25) is 19.0 Å². The third-order valence-corrected chi connectivity index (χ3v) is 7.06. The third kappa shape index (κ3) is 4.43. The standard InChI is InChI=1S/C27H22N4O3S/c1-16-7-3-6-10-21(16)30-25(33)24-17(2)23-26(35-24)28-15-31(27(23)34)14-22(32)29-20-12-11-18-8-4-5-9-19(18)13-20/h3-13,15H,14H2,1-2H3,(H,29,32)(H,30,33). The van der Waals surface area contributed by atoms with Crippen LogP contribution in [0, 0.1) is 13.8 Å². The molecular formula is C27H22N4O3S. The smallest absolute Gasteiger partial charge is 0.266 e. The summed E-state index contributed by atoms with van der Waals surface area (Å²) >= 11 is 1.17. The molecule has 3 aromatic carbocycles. The van der Waals surface area contributed by atoms with E-state index >= 15 is 0 Å². The highest BCUT2D eigenvalue weighted by Gasteiger charge is 2.20. The van der Waals surface area contributed by atoms with Crippen LogP contribution in [0.3, 0.4) is 0 Å². The van der Waals surface area contributed by atoms with Crippen molar-refractivity contribution in [1.29, 1.82) is 0 Å². The molecule has 0 saturated heterocycles. The number of amides is 2. The van der Waals surface area contributed by atoms with Crippen LogP contribution in [-0.4, -0.2) is 21.4 Å². The first-order valence-corrected chi connectivity index (χ1v) is 11.9. The summed E-state index contributed by atoms with van der Waals surface area (Å²) in [7, 11) is 0. The average Bonchev–Trinajstić information content (AvgIpc) is 3.19. The van der Waals surface area contributed by atoms with Crippen LogP contribution < -0.4 is 16.2 Å². The number of thiophene rings is 1. The summed E-state index contributed by atoms with van der Waals surface area (Å²) in [4.78, 5) is 44.0. The van der Waals surface area contributed by atoms with Gasteiger partial charge in [0.2, 0.25) is 5.91 Å². The predicted molar refractivity (Wildman–Crippen MR) is 140 cm³/mol. The highest BCUT2D eigenvalue weighted by Crippen LogP contribution is 2.28. The predicted octanol–water partition coefficient (Wildman–Crippen LogP) is 5.12.